The summed E-state index contributed by atoms with van der Waals surface area (Å²) >= 11 is 0. The molecule has 2 aliphatic carbocycles. The van der Waals surface area contributed by atoms with E-state index in [1.165, 1.54) is 38.5 Å². The lowest BCUT2D eigenvalue weighted by molar-refractivity contribution is 0.270. The van der Waals surface area contributed by atoms with E-state index < -0.39 is 0 Å². The fraction of sp³-hybridized carbons (Fsp3) is 1.00. The predicted octanol–water partition coefficient (Wildman–Crippen LogP) is 2.31. The summed E-state index contributed by atoms with van der Waals surface area (Å²) in [5, 5.41) is 0. The van der Waals surface area contributed by atoms with Crippen LogP contribution in [0.5, 0.6) is 0 Å². The van der Waals surface area contributed by atoms with Crippen LogP contribution in [0.2, 0.25) is 0 Å². The van der Waals surface area contributed by atoms with E-state index in [0.29, 0.717) is 5.41 Å². The van der Waals surface area contributed by atoms with E-state index in [9.17, 15) is 0 Å². The largest absolute Gasteiger partial charge is 0.330 e. The minimum Gasteiger partial charge on any atom is -0.330 e. The van der Waals surface area contributed by atoms with Crippen molar-refractivity contribution in [2.45, 2.75) is 45.4 Å². The number of hydrogen-bond acceptors (Lipinski definition) is 1. The SMILES string of the molecule is CC12CCC(CCN)(CC1)C2. The van der Waals surface area contributed by atoms with Crippen LogP contribution < -0.4 is 5.73 Å². The number of rotatable bonds is 2. The van der Waals surface area contributed by atoms with Gasteiger partial charge in [-0.05, 0) is 55.9 Å². The molecule has 2 fully saturated rings. The van der Waals surface area contributed by atoms with Gasteiger partial charge in [0.2, 0.25) is 0 Å². The summed E-state index contributed by atoms with van der Waals surface area (Å²) in [6, 6.07) is 0. The zero-order valence-electron chi connectivity index (χ0n) is 7.53. The van der Waals surface area contributed by atoms with E-state index in [4.69, 9.17) is 5.73 Å². The summed E-state index contributed by atoms with van der Waals surface area (Å²) in [7, 11) is 0. The lowest BCUT2D eigenvalue weighted by atomic mass is 9.81. The third-order valence-electron chi connectivity index (χ3n) is 3.99. The highest BCUT2D eigenvalue weighted by molar-refractivity contribution is 5.02. The lowest BCUT2D eigenvalue weighted by Gasteiger charge is -2.25. The molecule has 2 saturated carbocycles. The van der Waals surface area contributed by atoms with E-state index in [2.05, 4.69) is 6.92 Å². The fourth-order valence-corrected chi connectivity index (χ4v) is 3.29. The van der Waals surface area contributed by atoms with Crippen molar-refractivity contribution < 1.29 is 0 Å². The second-order valence-corrected chi connectivity index (χ2v) is 5.03. The molecule has 0 aromatic carbocycles. The molecular weight excluding hydrogens is 134 g/mol. The van der Waals surface area contributed by atoms with Crippen molar-refractivity contribution in [3.63, 3.8) is 0 Å². The minimum atomic E-state index is 0.698. The van der Waals surface area contributed by atoms with Crippen LogP contribution >= 0.6 is 0 Å². The summed E-state index contributed by atoms with van der Waals surface area (Å²) in [6.07, 6.45) is 8.60. The maximum absolute atomic E-state index is 5.63. The summed E-state index contributed by atoms with van der Waals surface area (Å²) in [5.41, 5.74) is 7.05. The second kappa shape index (κ2) is 2.22. The molecule has 0 amide bonds. The summed E-state index contributed by atoms with van der Waals surface area (Å²) < 4.78 is 0. The third kappa shape index (κ3) is 1.10. The molecule has 1 heteroatoms. The summed E-state index contributed by atoms with van der Waals surface area (Å²) in [6.45, 7) is 3.36. The van der Waals surface area contributed by atoms with Crippen LogP contribution in [0, 0.1) is 10.8 Å². The molecular formula is C10H19N. The van der Waals surface area contributed by atoms with Crippen molar-refractivity contribution in [2.24, 2.45) is 16.6 Å². The van der Waals surface area contributed by atoms with Crippen LogP contribution in [-0.2, 0) is 0 Å². The smallest absolute Gasteiger partial charge is 0.00720 e. The van der Waals surface area contributed by atoms with Gasteiger partial charge in [0.1, 0.15) is 0 Å². The quantitative estimate of drug-likeness (QED) is 0.647. The highest BCUT2D eigenvalue weighted by Crippen LogP contribution is 2.62. The standard InChI is InChI=1S/C10H19N/c1-9-2-4-10(8-9,5-3-9)6-7-11/h2-8,11H2,1H3. The van der Waals surface area contributed by atoms with Gasteiger partial charge in [0.15, 0.2) is 0 Å². The third-order valence-corrected chi connectivity index (χ3v) is 3.99. The molecule has 0 radical (unpaired) electrons. The molecule has 0 atom stereocenters. The molecule has 0 saturated heterocycles. The van der Waals surface area contributed by atoms with Crippen molar-refractivity contribution in [1.29, 1.82) is 0 Å². The van der Waals surface area contributed by atoms with Crippen LogP contribution in [0.15, 0.2) is 0 Å². The van der Waals surface area contributed by atoms with Gasteiger partial charge in [-0.25, -0.2) is 0 Å². The number of hydrogen-bond donors (Lipinski definition) is 1. The second-order valence-electron chi connectivity index (χ2n) is 5.03. The Morgan fingerprint density at radius 1 is 1.18 bits per heavy atom. The Bertz CT molecular complexity index is 149. The normalized spacial score (nSPS) is 48.5. The van der Waals surface area contributed by atoms with Crippen LogP contribution in [0.1, 0.15) is 45.4 Å². The Kier molecular flexibility index (Phi) is 1.54. The van der Waals surface area contributed by atoms with Gasteiger partial charge in [-0.3, -0.25) is 0 Å². The average Bonchev–Trinajstić information content (AvgIpc) is 2.42. The van der Waals surface area contributed by atoms with Gasteiger partial charge in [0.25, 0.3) is 0 Å². The van der Waals surface area contributed by atoms with E-state index in [0.717, 1.165) is 12.0 Å². The number of fused-ring (bicyclic) bond motifs is 2. The van der Waals surface area contributed by atoms with Gasteiger partial charge >= 0.3 is 0 Å². The number of nitrogens with two attached hydrogens (primary N) is 1. The summed E-state index contributed by atoms with van der Waals surface area (Å²) in [5.74, 6) is 0. The highest BCUT2D eigenvalue weighted by atomic mass is 14.6. The van der Waals surface area contributed by atoms with Crippen LogP contribution in [0.25, 0.3) is 0 Å². The zero-order chi connectivity index (χ0) is 7.95. The zero-order valence-corrected chi connectivity index (χ0v) is 7.53. The Morgan fingerprint density at radius 3 is 2.18 bits per heavy atom. The predicted molar refractivity (Wildman–Crippen MR) is 47.3 cm³/mol. The maximum Gasteiger partial charge on any atom is -0.00720 e. The summed E-state index contributed by atoms with van der Waals surface area (Å²) in [4.78, 5) is 0. The highest BCUT2D eigenvalue weighted by Gasteiger charge is 2.50. The molecule has 2 bridgehead atoms. The molecule has 0 heterocycles. The molecule has 0 unspecified atom stereocenters. The maximum atomic E-state index is 5.63. The van der Waals surface area contributed by atoms with Crippen molar-refractivity contribution in [1.82, 2.24) is 0 Å². The average molecular weight is 153 g/mol. The molecule has 11 heavy (non-hydrogen) atoms. The van der Waals surface area contributed by atoms with Gasteiger partial charge in [0, 0.05) is 0 Å². The first-order valence-electron chi connectivity index (χ1n) is 4.88. The molecule has 1 nitrogen and oxygen atoms in total. The van der Waals surface area contributed by atoms with Crippen molar-refractivity contribution in [3.05, 3.63) is 0 Å². The van der Waals surface area contributed by atoms with Crippen LogP contribution in [0.3, 0.4) is 0 Å². The molecule has 64 valence electrons. The van der Waals surface area contributed by atoms with Gasteiger partial charge in [-0.15, -0.1) is 0 Å². The first-order valence-corrected chi connectivity index (χ1v) is 4.88. The van der Waals surface area contributed by atoms with Gasteiger partial charge < -0.3 is 5.73 Å². The molecule has 0 aromatic heterocycles. The van der Waals surface area contributed by atoms with Gasteiger partial charge in [-0.2, -0.15) is 0 Å². The van der Waals surface area contributed by atoms with Crippen LogP contribution in [0.4, 0.5) is 0 Å². The topological polar surface area (TPSA) is 26.0 Å². The van der Waals surface area contributed by atoms with E-state index in [1.807, 2.05) is 0 Å². The fourth-order valence-electron chi connectivity index (χ4n) is 3.29. The Labute approximate surface area is 69.4 Å². The molecule has 0 aliphatic heterocycles. The Balaban J connectivity index is 2.08. The molecule has 2 N–H and O–H groups in total. The first-order chi connectivity index (χ1) is 5.18. The Morgan fingerprint density at radius 2 is 1.82 bits per heavy atom. The monoisotopic (exact) mass is 153 g/mol. The van der Waals surface area contributed by atoms with E-state index >= 15 is 0 Å². The molecule has 0 aromatic rings. The molecule has 0 spiro atoms. The molecule has 2 aliphatic rings. The first kappa shape index (κ1) is 7.60. The van der Waals surface area contributed by atoms with Crippen molar-refractivity contribution >= 4 is 0 Å². The van der Waals surface area contributed by atoms with E-state index in [1.54, 1.807) is 0 Å². The molecule has 2 rings (SSSR count). The van der Waals surface area contributed by atoms with Crippen molar-refractivity contribution in [2.75, 3.05) is 6.54 Å². The van der Waals surface area contributed by atoms with Crippen LogP contribution in [-0.4, -0.2) is 6.54 Å². The van der Waals surface area contributed by atoms with Gasteiger partial charge in [-0.1, -0.05) is 6.92 Å². The Hall–Kier alpha value is -0.0400. The minimum absolute atomic E-state index is 0.698. The lowest BCUT2D eigenvalue weighted by Crippen LogP contribution is -2.18. The van der Waals surface area contributed by atoms with E-state index in [-0.39, 0.29) is 0 Å². The van der Waals surface area contributed by atoms with Crippen molar-refractivity contribution in [3.8, 4) is 0 Å². The van der Waals surface area contributed by atoms with Gasteiger partial charge in [0.05, 0.1) is 0 Å².